The molecule has 0 saturated heterocycles. The minimum Gasteiger partial charge on any atom is -0.478 e. The number of nitrogens with one attached hydrogen (secondary N) is 1. The highest BCUT2D eigenvalue weighted by atomic mass is 16.4. The molecule has 1 unspecified atom stereocenters. The summed E-state index contributed by atoms with van der Waals surface area (Å²) in [4.78, 5) is 11.5. The highest BCUT2D eigenvalue weighted by molar-refractivity contribution is 6.05. The summed E-state index contributed by atoms with van der Waals surface area (Å²) in [5, 5.41) is 28.5. The first-order valence-corrected chi connectivity index (χ1v) is 11.6. The lowest BCUT2D eigenvalue weighted by atomic mass is 9.81. The Labute approximate surface area is 203 Å². The van der Waals surface area contributed by atoms with Crippen molar-refractivity contribution in [1.29, 1.82) is 5.26 Å². The fourth-order valence-electron chi connectivity index (χ4n) is 5.05. The van der Waals surface area contributed by atoms with Crippen LogP contribution >= 0.6 is 0 Å². The van der Waals surface area contributed by atoms with Crippen molar-refractivity contribution >= 4 is 27.8 Å². The van der Waals surface area contributed by atoms with E-state index in [0.717, 1.165) is 38.6 Å². The number of fused-ring (bicyclic) bond motifs is 2. The fraction of sp³-hybridized carbons (Fsp3) is 0.207. The lowest BCUT2D eigenvalue weighted by molar-refractivity contribution is 0.0697. The van der Waals surface area contributed by atoms with E-state index in [9.17, 15) is 15.2 Å². The second kappa shape index (κ2) is 8.44. The van der Waals surface area contributed by atoms with E-state index in [4.69, 9.17) is 0 Å². The number of carbonyl (C=O) groups is 1. The maximum absolute atomic E-state index is 11.5. The smallest absolute Gasteiger partial charge is 0.335 e. The van der Waals surface area contributed by atoms with Crippen LogP contribution in [0, 0.1) is 11.3 Å². The molecule has 0 aliphatic rings. The number of rotatable bonds is 6. The summed E-state index contributed by atoms with van der Waals surface area (Å²) in [6.07, 6.45) is 2.16. The third-order valence-electron chi connectivity index (χ3n) is 6.81. The molecule has 0 fully saturated rings. The molecule has 0 aliphatic heterocycles. The minimum atomic E-state index is -0.958. The molecule has 6 heteroatoms. The minimum absolute atomic E-state index is 0.00283. The number of H-pyrrole nitrogens is 1. The summed E-state index contributed by atoms with van der Waals surface area (Å²) in [6.45, 7) is 6.37. The molecule has 5 aromatic rings. The van der Waals surface area contributed by atoms with E-state index < -0.39 is 11.4 Å². The van der Waals surface area contributed by atoms with Gasteiger partial charge in [-0.1, -0.05) is 56.3 Å². The van der Waals surface area contributed by atoms with Crippen LogP contribution in [-0.4, -0.2) is 25.8 Å². The summed E-state index contributed by atoms with van der Waals surface area (Å²) < 4.78 is 2.34. The van der Waals surface area contributed by atoms with Crippen molar-refractivity contribution in [2.24, 2.45) is 0 Å². The molecule has 0 aliphatic carbocycles. The van der Waals surface area contributed by atoms with Gasteiger partial charge in [-0.3, -0.25) is 5.10 Å². The van der Waals surface area contributed by atoms with Gasteiger partial charge in [0.25, 0.3) is 0 Å². The summed E-state index contributed by atoms with van der Waals surface area (Å²) in [5.41, 5.74) is 5.89. The highest BCUT2D eigenvalue weighted by Gasteiger charge is 2.33. The van der Waals surface area contributed by atoms with Crippen molar-refractivity contribution in [3.8, 4) is 17.2 Å². The fourth-order valence-corrected chi connectivity index (χ4v) is 5.05. The Morgan fingerprint density at radius 3 is 2.51 bits per heavy atom. The zero-order chi connectivity index (χ0) is 24.7. The number of nitrogens with zero attached hydrogens (tertiary/aromatic N) is 3. The van der Waals surface area contributed by atoms with Crippen molar-refractivity contribution in [1.82, 2.24) is 14.8 Å². The van der Waals surface area contributed by atoms with Gasteiger partial charge in [-0.25, -0.2) is 4.79 Å². The molecule has 0 spiro atoms. The first-order chi connectivity index (χ1) is 16.8. The van der Waals surface area contributed by atoms with E-state index in [1.807, 2.05) is 36.5 Å². The molecule has 2 heterocycles. The molecule has 0 radical (unpaired) electrons. The van der Waals surface area contributed by atoms with Crippen LogP contribution < -0.4 is 0 Å². The predicted octanol–water partition coefficient (Wildman–Crippen LogP) is 6.68. The van der Waals surface area contributed by atoms with E-state index in [1.54, 1.807) is 12.1 Å². The molecule has 0 amide bonds. The predicted molar refractivity (Wildman–Crippen MR) is 137 cm³/mol. The van der Waals surface area contributed by atoms with Crippen LogP contribution in [0.25, 0.3) is 32.9 Å². The molecule has 3 aromatic carbocycles. The van der Waals surface area contributed by atoms with Gasteiger partial charge < -0.3 is 9.67 Å². The van der Waals surface area contributed by atoms with E-state index >= 15 is 0 Å². The van der Waals surface area contributed by atoms with Gasteiger partial charge in [-0.15, -0.1) is 0 Å². The van der Waals surface area contributed by atoms with Crippen LogP contribution in [-0.2, 0) is 5.41 Å². The quantitative estimate of drug-likeness (QED) is 0.294. The van der Waals surface area contributed by atoms with Gasteiger partial charge in [0, 0.05) is 33.9 Å². The van der Waals surface area contributed by atoms with Gasteiger partial charge in [0.2, 0.25) is 0 Å². The average Bonchev–Trinajstić information content (AvgIpc) is 3.45. The molecule has 2 N–H and O–H groups in total. The summed E-state index contributed by atoms with van der Waals surface area (Å²) in [6, 6.07) is 24.0. The summed E-state index contributed by atoms with van der Waals surface area (Å²) in [7, 11) is 0. The number of nitriles is 1. The first kappa shape index (κ1) is 22.4. The Kier molecular flexibility index (Phi) is 5.41. The van der Waals surface area contributed by atoms with Crippen LogP contribution in [0.15, 0.2) is 72.9 Å². The molecule has 35 heavy (non-hydrogen) atoms. The Bertz CT molecular complexity index is 1590. The number of hydrogen-bond acceptors (Lipinski definition) is 3. The highest BCUT2D eigenvalue weighted by Crippen LogP contribution is 2.45. The average molecular weight is 463 g/mol. The summed E-state index contributed by atoms with van der Waals surface area (Å²) >= 11 is 0. The Morgan fingerprint density at radius 1 is 1.14 bits per heavy atom. The largest absolute Gasteiger partial charge is 0.478 e. The van der Waals surface area contributed by atoms with Crippen LogP contribution in [0.5, 0.6) is 0 Å². The van der Waals surface area contributed by atoms with E-state index in [0.29, 0.717) is 6.42 Å². The van der Waals surface area contributed by atoms with Gasteiger partial charge in [-0.05, 0) is 42.3 Å². The lowest BCUT2D eigenvalue weighted by Gasteiger charge is -2.29. The lowest BCUT2D eigenvalue weighted by Crippen LogP contribution is -2.24. The Morgan fingerprint density at radius 2 is 1.86 bits per heavy atom. The number of hydrogen-bond donors (Lipinski definition) is 2. The van der Waals surface area contributed by atoms with Crippen molar-refractivity contribution in [3.05, 3.63) is 89.7 Å². The number of aromatic carboxylic acids is 1. The van der Waals surface area contributed by atoms with Gasteiger partial charge in [0.05, 0.1) is 34.9 Å². The van der Waals surface area contributed by atoms with Crippen LogP contribution in [0.2, 0.25) is 0 Å². The second-order valence-corrected chi connectivity index (χ2v) is 9.61. The number of carboxylic acids is 1. The Balaban J connectivity index is 1.91. The van der Waals surface area contributed by atoms with Crippen LogP contribution in [0.4, 0.5) is 0 Å². The standard InChI is InChI=1S/C29H26N4O2/c1-18(19-7-5-4-6-8-19)33-25-15-22-17-31-32-24(22)16-23(25)26(27(33)29(2,3)13-14-30)20-9-11-21(12-10-20)28(34)35/h4-12,15-18H,13H2,1-3H3,(H,31,32)(H,34,35). The van der Waals surface area contributed by atoms with E-state index in [2.05, 4.69) is 65.9 Å². The monoisotopic (exact) mass is 462 g/mol. The molecule has 1 atom stereocenters. The van der Waals surface area contributed by atoms with Crippen molar-refractivity contribution in [3.63, 3.8) is 0 Å². The third-order valence-corrected chi connectivity index (χ3v) is 6.81. The van der Waals surface area contributed by atoms with Gasteiger partial charge in [-0.2, -0.15) is 10.4 Å². The van der Waals surface area contributed by atoms with Crippen LogP contribution in [0.1, 0.15) is 54.8 Å². The second-order valence-electron chi connectivity index (χ2n) is 9.61. The van der Waals surface area contributed by atoms with E-state index in [-0.39, 0.29) is 11.6 Å². The molecule has 5 rings (SSSR count). The van der Waals surface area contributed by atoms with Crippen molar-refractivity contribution in [2.45, 2.75) is 38.6 Å². The molecule has 0 saturated carbocycles. The maximum atomic E-state index is 11.5. The van der Waals surface area contributed by atoms with Gasteiger partial charge >= 0.3 is 5.97 Å². The van der Waals surface area contributed by atoms with Crippen molar-refractivity contribution < 1.29 is 9.90 Å². The Hall–Kier alpha value is -4.37. The van der Waals surface area contributed by atoms with Crippen LogP contribution in [0.3, 0.4) is 0 Å². The third kappa shape index (κ3) is 3.75. The molecule has 0 bridgehead atoms. The van der Waals surface area contributed by atoms with E-state index in [1.165, 1.54) is 5.56 Å². The summed E-state index contributed by atoms with van der Waals surface area (Å²) in [5.74, 6) is -0.958. The topological polar surface area (TPSA) is 94.7 Å². The van der Waals surface area contributed by atoms with Gasteiger partial charge in [0.15, 0.2) is 0 Å². The molecular formula is C29H26N4O2. The van der Waals surface area contributed by atoms with Crippen molar-refractivity contribution in [2.75, 3.05) is 0 Å². The zero-order valence-electron chi connectivity index (χ0n) is 19.9. The first-order valence-electron chi connectivity index (χ1n) is 11.6. The van der Waals surface area contributed by atoms with Gasteiger partial charge in [0.1, 0.15) is 0 Å². The molecular weight excluding hydrogens is 436 g/mol. The normalized spacial score (nSPS) is 12.6. The molecule has 6 nitrogen and oxygen atoms in total. The number of benzene rings is 3. The zero-order valence-corrected chi connectivity index (χ0v) is 19.9. The number of aromatic amines is 1. The number of aromatic nitrogens is 3. The SMILES string of the molecule is CC(c1ccccc1)n1c(C(C)(C)CC#N)c(-c2ccc(C(=O)O)cc2)c2cc3[nH]ncc3cc21. The molecule has 174 valence electrons. The number of carboxylic acid groups (broad SMARTS) is 1. The molecule has 2 aromatic heterocycles. The maximum Gasteiger partial charge on any atom is 0.335 e.